The normalized spacial score (nSPS) is 13.3. The van der Waals surface area contributed by atoms with E-state index in [0.717, 1.165) is 0 Å². The van der Waals surface area contributed by atoms with E-state index in [1.807, 2.05) is 0 Å². The van der Waals surface area contributed by atoms with E-state index in [1.165, 1.54) is 11.8 Å². The summed E-state index contributed by atoms with van der Waals surface area (Å²) in [6, 6.07) is 0. The summed E-state index contributed by atoms with van der Waals surface area (Å²) in [5.41, 5.74) is 0. The Bertz CT molecular complexity index is 222. The molecular weight excluding hydrogens is 199 g/mol. The maximum atomic E-state index is 11.4. The summed E-state index contributed by atoms with van der Waals surface area (Å²) in [6.45, 7) is -0.356. The Morgan fingerprint density at radius 3 is 2.25 bits per heavy atom. The highest BCUT2D eigenvalue weighted by atomic mass is 32.2. The Hall–Kier alpha value is -0.340. The monoisotopic (exact) mass is 207 g/mol. The number of hydrogen-bond acceptors (Lipinski definition) is 3. The number of rotatable bonds is 4. The van der Waals surface area contributed by atoms with Crippen molar-refractivity contribution in [3.05, 3.63) is 0 Å². The largest absolute Gasteiger partial charge is 0.413 e. The van der Waals surface area contributed by atoms with E-state index >= 15 is 0 Å². The average molecular weight is 207 g/mol. The first kappa shape index (κ1) is 11.7. The number of halogens is 3. The Kier molecular flexibility index (Phi) is 3.94. The molecule has 0 radical (unpaired) electrons. The van der Waals surface area contributed by atoms with Crippen LogP contribution in [-0.2, 0) is 14.9 Å². The fraction of sp³-hybridized carbons (Fsp3) is 1.00. The lowest BCUT2D eigenvalue weighted by Gasteiger charge is -2.07. The molecule has 0 aliphatic carbocycles. The topological polar surface area (TPSA) is 55.4 Å². The molecule has 1 N–H and O–H groups in total. The van der Waals surface area contributed by atoms with Gasteiger partial charge in [-0.3, -0.25) is 4.84 Å². The molecule has 0 atom stereocenters. The van der Waals surface area contributed by atoms with Crippen LogP contribution < -0.4 is 4.89 Å². The third-order valence-corrected chi connectivity index (χ3v) is 1.93. The fourth-order valence-corrected chi connectivity index (χ4v) is 0.616. The first-order valence-electron chi connectivity index (χ1n) is 2.95. The first-order chi connectivity index (χ1) is 5.27. The first-order valence-corrected chi connectivity index (χ1v) is 4.60. The Balaban J connectivity index is 3.73. The molecule has 0 saturated carbocycles. The molecule has 0 bridgehead atoms. The van der Waals surface area contributed by atoms with Crippen LogP contribution in [0.5, 0.6) is 0 Å². The molecule has 0 aliphatic heterocycles. The van der Waals surface area contributed by atoms with Gasteiger partial charge in [0.25, 0.3) is 0 Å². The van der Waals surface area contributed by atoms with Crippen molar-refractivity contribution in [3.8, 4) is 0 Å². The molecule has 0 unspecified atom stereocenters. The minimum atomic E-state index is -4.53. The molecule has 0 fully saturated rings. The second-order valence-corrected chi connectivity index (χ2v) is 3.86. The highest BCUT2D eigenvalue weighted by Crippen LogP contribution is 2.13. The lowest BCUT2D eigenvalue weighted by atomic mass is 10.7. The molecule has 0 aliphatic rings. The summed E-state index contributed by atoms with van der Waals surface area (Å²) in [5.74, 6) is -0.329. The van der Waals surface area contributed by atoms with Gasteiger partial charge in [-0.15, -0.1) is 0 Å². The van der Waals surface area contributed by atoms with Crippen molar-refractivity contribution < 1.29 is 26.4 Å². The van der Waals surface area contributed by atoms with Gasteiger partial charge >= 0.3 is 6.18 Å². The minimum absolute atomic E-state index is 0.329. The smallest absolute Gasteiger partial charge is 0.278 e. The van der Waals surface area contributed by atoms with Crippen molar-refractivity contribution in [1.29, 1.82) is 0 Å². The summed E-state index contributed by atoms with van der Waals surface area (Å²) >= 11 is 0. The molecule has 0 rings (SSSR count). The van der Waals surface area contributed by atoms with E-state index in [1.54, 1.807) is 0 Å². The Labute approximate surface area is 67.7 Å². The standard InChI is InChI=1S/C4H8F3NO3S/c1-2-12(9,10)8-11-3-4(5,6)7/h8H,2-3H2,1H3. The van der Waals surface area contributed by atoms with Gasteiger partial charge in [-0.1, -0.05) is 4.89 Å². The molecule has 0 amide bonds. The molecule has 8 heteroatoms. The third-order valence-electron chi connectivity index (χ3n) is 0.802. The van der Waals surface area contributed by atoms with Gasteiger partial charge in [0.15, 0.2) is 6.61 Å². The van der Waals surface area contributed by atoms with E-state index in [-0.39, 0.29) is 5.75 Å². The van der Waals surface area contributed by atoms with E-state index in [0.29, 0.717) is 0 Å². The van der Waals surface area contributed by atoms with Crippen LogP contribution in [0.25, 0.3) is 0 Å². The lowest BCUT2D eigenvalue weighted by Crippen LogP contribution is -2.30. The lowest BCUT2D eigenvalue weighted by molar-refractivity contribution is -0.181. The molecule has 0 saturated heterocycles. The second-order valence-electron chi connectivity index (χ2n) is 1.89. The van der Waals surface area contributed by atoms with Gasteiger partial charge in [0.2, 0.25) is 10.0 Å². The molecule has 12 heavy (non-hydrogen) atoms. The molecule has 4 nitrogen and oxygen atoms in total. The van der Waals surface area contributed by atoms with E-state index < -0.39 is 22.8 Å². The quantitative estimate of drug-likeness (QED) is 0.680. The predicted molar refractivity (Wildman–Crippen MR) is 34.6 cm³/mol. The van der Waals surface area contributed by atoms with Gasteiger partial charge in [-0.25, -0.2) is 8.42 Å². The number of nitrogens with one attached hydrogen (secondary N) is 1. The van der Waals surface area contributed by atoms with Crippen molar-refractivity contribution in [2.24, 2.45) is 0 Å². The minimum Gasteiger partial charge on any atom is -0.278 e. The van der Waals surface area contributed by atoms with Crippen LogP contribution in [-0.4, -0.2) is 27.0 Å². The van der Waals surface area contributed by atoms with Crippen LogP contribution in [0.4, 0.5) is 13.2 Å². The van der Waals surface area contributed by atoms with Gasteiger partial charge in [0, 0.05) is 0 Å². The van der Waals surface area contributed by atoms with Crippen LogP contribution in [0.1, 0.15) is 6.92 Å². The summed E-state index contributed by atoms with van der Waals surface area (Å²) < 4.78 is 55.1. The highest BCUT2D eigenvalue weighted by molar-refractivity contribution is 7.89. The number of alkyl halides is 3. The zero-order valence-electron chi connectivity index (χ0n) is 6.18. The van der Waals surface area contributed by atoms with Crippen molar-refractivity contribution in [2.75, 3.05) is 12.4 Å². The predicted octanol–water partition coefficient (Wildman–Crippen LogP) is 0.420. The summed E-state index contributed by atoms with van der Waals surface area (Å²) in [4.78, 5) is 5.01. The molecular formula is C4H8F3NO3S. The van der Waals surface area contributed by atoms with Crippen LogP contribution in [0.2, 0.25) is 0 Å². The molecule has 0 spiro atoms. The van der Waals surface area contributed by atoms with Crippen molar-refractivity contribution in [3.63, 3.8) is 0 Å². The van der Waals surface area contributed by atoms with Crippen LogP contribution in [0.15, 0.2) is 0 Å². The molecule has 0 aromatic rings. The van der Waals surface area contributed by atoms with E-state index in [4.69, 9.17) is 0 Å². The van der Waals surface area contributed by atoms with E-state index in [9.17, 15) is 21.6 Å². The molecule has 0 aromatic heterocycles. The maximum absolute atomic E-state index is 11.4. The van der Waals surface area contributed by atoms with Gasteiger partial charge in [0.1, 0.15) is 0 Å². The van der Waals surface area contributed by atoms with E-state index in [2.05, 4.69) is 4.84 Å². The SMILES string of the molecule is CCS(=O)(=O)NOCC(F)(F)F. The number of hydrogen-bond donors (Lipinski definition) is 1. The fourth-order valence-electron chi connectivity index (χ4n) is 0.260. The van der Waals surface area contributed by atoms with Crippen molar-refractivity contribution in [2.45, 2.75) is 13.1 Å². The van der Waals surface area contributed by atoms with Gasteiger partial charge < -0.3 is 0 Å². The number of sulfonamides is 1. The zero-order valence-corrected chi connectivity index (χ0v) is 7.00. The van der Waals surface area contributed by atoms with Crippen molar-refractivity contribution in [1.82, 2.24) is 4.89 Å². The van der Waals surface area contributed by atoms with Gasteiger partial charge in [-0.05, 0) is 6.92 Å². The van der Waals surface area contributed by atoms with Crippen LogP contribution in [0.3, 0.4) is 0 Å². The Morgan fingerprint density at radius 1 is 1.42 bits per heavy atom. The maximum Gasteiger partial charge on any atom is 0.413 e. The van der Waals surface area contributed by atoms with Crippen LogP contribution in [0, 0.1) is 0 Å². The summed E-state index contributed by atoms with van der Waals surface area (Å²) in [7, 11) is -3.71. The summed E-state index contributed by atoms with van der Waals surface area (Å²) in [5, 5.41) is 0. The second kappa shape index (κ2) is 4.06. The summed E-state index contributed by atoms with van der Waals surface area (Å²) in [6.07, 6.45) is -4.53. The average Bonchev–Trinajstić information content (AvgIpc) is 1.84. The van der Waals surface area contributed by atoms with Gasteiger partial charge in [0.05, 0.1) is 5.75 Å². The highest BCUT2D eigenvalue weighted by Gasteiger charge is 2.28. The van der Waals surface area contributed by atoms with Crippen molar-refractivity contribution >= 4 is 10.0 Å². The third kappa shape index (κ3) is 6.38. The molecule has 74 valence electrons. The van der Waals surface area contributed by atoms with Crippen LogP contribution >= 0.6 is 0 Å². The van der Waals surface area contributed by atoms with Gasteiger partial charge in [-0.2, -0.15) is 13.2 Å². The Morgan fingerprint density at radius 2 is 1.92 bits per heavy atom. The molecule has 0 aromatic carbocycles. The molecule has 0 heterocycles. The zero-order chi connectivity index (χ0) is 9.83.